The van der Waals surface area contributed by atoms with Gasteiger partial charge in [-0.2, -0.15) is 0 Å². The third-order valence-electron chi connectivity index (χ3n) is 3.39. The zero-order chi connectivity index (χ0) is 17.0. The number of Topliss-reactive ketones (excluding diaryl/α,β-unsaturated/α-hetero) is 1. The molecule has 120 valence electrons. The van der Waals surface area contributed by atoms with Gasteiger partial charge in [0.2, 0.25) is 5.78 Å². The summed E-state index contributed by atoms with van der Waals surface area (Å²) in [6.07, 6.45) is -1.01. The van der Waals surface area contributed by atoms with E-state index in [0.29, 0.717) is 11.3 Å². The van der Waals surface area contributed by atoms with Crippen molar-refractivity contribution in [3.05, 3.63) is 65.0 Å². The van der Waals surface area contributed by atoms with Crippen LogP contribution in [-0.2, 0) is 4.74 Å². The first-order valence-electron chi connectivity index (χ1n) is 7.07. The number of carbonyl (C=O) groups excluding carboxylic acids is 2. The van der Waals surface area contributed by atoms with Crippen LogP contribution in [0.1, 0.15) is 33.2 Å². The maximum absolute atomic E-state index is 13.8. The summed E-state index contributed by atoms with van der Waals surface area (Å²) in [6, 6.07) is 10.7. The molecular weight excluding hydrogens is 299 g/mol. The lowest BCUT2D eigenvalue weighted by Crippen LogP contribution is -2.25. The van der Waals surface area contributed by atoms with E-state index in [-0.39, 0.29) is 11.3 Å². The Bertz CT molecular complexity index is 722. The Labute approximate surface area is 133 Å². The van der Waals surface area contributed by atoms with E-state index in [1.807, 2.05) is 6.92 Å². The number of carbonyl (C=O) groups is 2. The molecule has 0 aliphatic rings. The van der Waals surface area contributed by atoms with Gasteiger partial charge in [-0.05, 0) is 26.0 Å². The molecule has 4 nitrogen and oxygen atoms in total. The monoisotopic (exact) mass is 316 g/mol. The molecule has 2 aromatic rings. The van der Waals surface area contributed by atoms with Gasteiger partial charge >= 0.3 is 5.97 Å². The quantitative estimate of drug-likeness (QED) is 0.625. The zero-order valence-corrected chi connectivity index (χ0v) is 13.1. The van der Waals surface area contributed by atoms with Crippen molar-refractivity contribution in [3.63, 3.8) is 0 Å². The normalized spacial score (nSPS) is 11.7. The fourth-order valence-electron chi connectivity index (χ4n) is 2.02. The molecule has 1 atom stereocenters. The van der Waals surface area contributed by atoms with Crippen LogP contribution in [0.4, 0.5) is 4.39 Å². The number of hydrogen-bond donors (Lipinski definition) is 0. The summed E-state index contributed by atoms with van der Waals surface area (Å²) >= 11 is 0. The highest BCUT2D eigenvalue weighted by atomic mass is 19.1. The van der Waals surface area contributed by atoms with E-state index in [1.54, 1.807) is 24.3 Å². The Hall–Kier alpha value is -2.69. The molecule has 0 aliphatic heterocycles. The second kappa shape index (κ2) is 7.05. The third-order valence-corrected chi connectivity index (χ3v) is 3.39. The van der Waals surface area contributed by atoms with Crippen LogP contribution in [0.15, 0.2) is 42.5 Å². The fourth-order valence-corrected chi connectivity index (χ4v) is 2.02. The molecule has 0 aliphatic carbocycles. The topological polar surface area (TPSA) is 52.6 Å². The van der Waals surface area contributed by atoms with Crippen LogP contribution in [0.5, 0.6) is 5.75 Å². The van der Waals surface area contributed by atoms with Crippen molar-refractivity contribution in [2.24, 2.45) is 0 Å². The van der Waals surface area contributed by atoms with Crippen LogP contribution in [0.3, 0.4) is 0 Å². The van der Waals surface area contributed by atoms with Crippen molar-refractivity contribution >= 4 is 11.8 Å². The average molecular weight is 316 g/mol. The number of methoxy groups -OCH3 is 1. The molecule has 0 aromatic heterocycles. The van der Waals surface area contributed by atoms with Gasteiger partial charge in [-0.25, -0.2) is 9.18 Å². The SMILES string of the molecule is COc1ccc(C(=O)O[C@@H](C)C(=O)c2ccc(C)cc2)c(F)c1. The molecule has 0 amide bonds. The van der Waals surface area contributed by atoms with Crippen LogP contribution in [0.2, 0.25) is 0 Å². The van der Waals surface area contributed by atoms with Gasteiger partial charge in [0.05, 0.1) is 12.7 Å². The van der Waals surface area contributed by atoms with Gasteiger partial charge in [0.25, 0.3) is 0 Å². The average Bonchev–Trinajstić information content (AvgIpc) is 2.54. The van der Waals surface area contributed by atoms with Gasteiger partial charge in [0.15, 0.2) is 6.10 Å². The van der Waals surface area contributed by atoms with E-state index in [4.69, 9.17) is 9.47 Å². The Balaban J connectivity index is 2.10. The highest BCUT2D eigenvalue weighted by Crippen LogP contribution is 2.18. The van der Waals surface area contributed by atoms with Crippen molar-refractivity contribution in [2.45, 2.75) is 20.0 Å². The second-order valence-corrected chi connectivity index (χ2v) is 5.12. The molecule has 0 heterocycles. The molecule has 0 fully saturated rings. The molecule has 0 unspecified atom stereocenters. The van der Waals surface area contributed by atoms with E-state index in [0.717, 1.165) is 11.6 Å². The summed E-state index contributed by atoms with van der Waals surface area (Å²) in [7, 11) is 1.40. The van der Waals surface area contributed by atoms with E-state index in [9.17, 15) is 14.0 Å². The number of ketones is 1. The lowest BCUT2D eigenvalue weighted by molar-refractivity contribution is 0.0314. The first kappa shape index (κ1) is 16.7. The van der Waals surface area contributed by atoms with E-state index >= 15 is 0 Å². The van der Waals surface area contributed by atoms with Crippen LogP contribution >= 0.6 is 0 Å². The third kappa shape index (κ3) is 3.94. The van der Waals surface area contributed by atoms with Crippen LogP contribution in [0, 0.1) is 12.7 Å². The number of rotatable bonds is 5. The lowest BCUT2D eigenvalue weighted by Gasteiger charge is -2.13. The highest BCUT2D eigenvalue weighted by Gasteiger charge is 2.22. The Morgan fingerprint density at radius 3 is 2.30 bits per heavy atom. The number of ether oxygens (including phenoxy) is 2. The number of hydrogen-bond acceptors (Lipinski definition) is 4. The minimum absolute atomic E-state index is 0.241. The van der Waals surface area contributed by atoms with Crippen LogP contribution in [0.25, 0.3) is 0 Å². The minimum atomic E-state index is -1.01. The summed E-state index contributed by atoms with van der Waals surface area (Å²) in [5.41, 5.74) is 1.21. The molecule has 5 heteroatoms. The van der Waals surface area contributed by atoms with Crippen molar-refractivity contribution in [2.75, 3.05) is 7.11 Å². The summed E-state index contributed by atoms with van der Waals surface area (Å²) in [5, 5.41) is 0. The van der Waals surface area contributed by atoms with Gasteiger partial charge in [0, 0.05) is 11.6 Å². The van der Waals surface area contributed by atoms with Crippen LogP contribution in [-0.4, -0.2) is 25.0 Å². The van der Waals surface area contributed by atoms with Gasteiger partial charge in [0.1, 0.15) is 11.6 Å². The Kier molecular flexibility index (Phi) is 5.11. The number of aryl methyl sites for hydroxylation is 1. The largest absolute Gasteiger partial charge is 0.497 e. The first-order chi connectivity index (χ1) is 10.9. The minimum Gasteiger partial charge on any atom is -0.497 e. The van der Waals surface area contributed by atoms with Crippen molar-refractivity contribution in [1.82, 2.24) is 0 Å². The molecule has 2 aromatic carbocycles. The van der Waals surface area contributed by atoms with E-state index in [2.05, 4.69) is 0 Å². The number of halogens is 1. The molecule has 2 rings (SSSR count). The van der Waals surface area contributed by atoms with Gasteiger partial charge in [-0.3, -0.25) is 4.79 Å². The summed E-state index contributed by atoms with van der Waals surface area (Å²) in [5.74, 6) is -1.70. The lowest BCUT2D eigenvalue weighted by atomic mass is 10.1. The first-order valence-corrected chi connectivity index (χ1v) is 7.07. The molecule has 23 heavy (non-hydrogen) atoms. The Morgan fingerprint density at radius 2 is 1.74 bits per heavy atom. The Morgan fingerprint density at radius 1 is 1.09 bits per heavy atom. The summed E-state index contributed by atoms with van der Waals surface area (Å²) in [6.45, 7) is 3.37. The molecule has 0 saturated heterocycles. The van der Waals surface area contributed by atoms with E-state index < -0.39 is 17.9 Å². The zero-order valence-electron chi connectivity index (χ0n) is 13.1. The molecule has 0 bridgehead atoms. The summed E-state index contributed by atoms with van der Waals surface area (Å²) in [4.78, 5) is 24.2. The maximum Gasteiger partial charge on any atom is 0.341 e. The van der Waals surface area contributed by atoms with Gasteiger partial charge in [-0.15, -0.1) is 0 Å². The molecule has 0 spiro atoms. The van der Waals surface area contributed by atoms with Gasteiger partial charge in [-0.1, -0.05) is 29.8 Å². The van der Waals surface area contributed by atoms with Crippen molar-refractivity contribution < 1.29 is 23.5 Å². The van der Waals surface area contributed by atoms with Crippen molar-refractivity contribution in [3.8, 4) is 5.75 Å². The molecule has 0 saturated carbocycles. The fraction of sp³-hybridized carbons (Fsp3) is 0.222. The van der Waals surface area contributed by atoms with E-state index in [1.165, 1.54) is 26.2 Å². The molecule has 0 radical (unpaired) electrons. The number of esters is 1. The molecule has 0 N–H and O–H groups in total. The van der Waals surface area contributed by atoms with Gasteiger partial charge < -0.3 is 9.47 Å². The summed E-state index contributed by atoms with van der Waals surface area (Å²) < 4.78 is 23.8. The molecular formula is C18H17FO4. The smallest absolute Gasteiger partial charge is 0.341 e. The number of benzene rings is 2. The van der Waals surface area contributed by atoms with Crippen molar-refractivity contribution in [1.29, 1.82) is 0 Å². The standard InChI is InChI=1S/C18H17FO4/c1-11-4-6-13(7-5-11)17(20)12(2)23-18(21)15-9-8-14(22-3)10-16(15)19/h4-10,12H,1-3H3/t12-/m0/s1. The predicted molar refractivity (Wildman–Crippen MR) is 83.3 cm³/mol. The highest BCUT2D eigenvalue weighted by molar-refractivity contribution is 6.01. The second-order valence-electron chi connectivity index (χ2n) is 5.12. The maximum atomic E-state index is 13.8. The predicted octanol–water partition coefficient (Wildman–Crippen LogP) is 3.57. The van der Waals surface area contributed by atoms with Crippen LogP contribution < -0.4 is 4.74 Å².